The topological polar surface area (TPSA) is 73.9 Å². The molecule has 0 aromatic carbocycles. The summed E-state index contributed by atoms with van der Waals surface area (Å²) in [6, 6.07) is 1.20. The second-order valence-electron chi connectivity index (χ2n) is 18.8. The minimum Gasteiger partial charge on any atom is -0.462 e. The Kier molecular flexibility index (Phi) is 41.2. The molecule has 2 unspecified atom stereocenters. The molecule has 1 rings (SSSR count). The van der Waals surface area contributed by atoms with Gasteiger partial charge in [0, 0.05) is 38.1 Å². The van der Waals surface area contributed by atoms with Gasteiger partial charge in [0.25, 0.3) is 0 Å². The SMILES string of the molecule is CCCCCCCCC(CCC)OC(=O)CCCCCCCC(CCCCCCCC(=O)OC(CCCCCCCC)CCCCCCCC)NC1CCCOCCC1. The average molecular weight is 834 g/mol. The van der Waals surface area contributed by atoms with Gasteiger partial charge >= 0.3 is 11.9 Å². The minimum absolute atomic E-state index is 0.0227. The van der Waals surface area contributed by atoms with Crippen molar-refractivity contribution in [2.45, 2.75) is 315 Å². The molecule has 6 nitrogen and oxygen atoms in total. The van der Waals surface area contributed by atoms with Crippen molar-refractivity contribution in [2.75, 3.05) is 13.2 Å². The van der Waals surface area contributed by atoms with Crippen LogP contribution in [0.3, 0.4) is 0 Å². The first-order chi connectivity index (χ1) is 29.0. The summed E-state index contributed by atoms with van der Waals surface area (Å²) < 4.78 is 17.8. The molecule has 350 valence electrons. The van der Waals surface area contributed by atoms with Crippen LogP contribution in [0.25, 0.3) is 0 Å². The molecule has 1 fully saturated rings. The van der Waals surface area contributed by atoms with E-state index in [1.165, 1.54) is 180 Å². The van der Waals surface area contributed by atoms with E-state index in [-0.39, 0.29) is 24.1 Å². The van der Waals surface area contributed by atoms with Crippen molar-refractivity contribution in [3.63, 3.8) is 0 Å². The standard InChI is InChI=1S/C53H103NO5/c1-5-9-12-15-22-29-41-50(36-8-4)58-52(55)44-32-25-18-20-27-37-48(54-49-39-34-46-57-47-35-40-49)38-28-21-19-26-33-45-53(56)59-51(42-30-23-16-13-10-6-2)43-31-24-17-14-11-7-3/h48-51,54H,5-47H2,1-4H3. The molecule has 0 aromatic rings. The van der Waals surface area contributed by atoms with E-state index in [9.17, 15) is 9.59 Å². The lowest BCUT2D eigenvalue weighted by Gasteiger charge is -2.27. The van der Waals surface area contributed by atoms with Crippen molar-refractivity contribution in [1.29, 1.82) is 0 Å². The fourth-order valence-electron chi connectivity index (χ4n) is 9.09. The van der Waals surface area contributed by atoms with Crippen LogP contribution in [-0.2, 0) is 23.8 Å². The van der Waals surface area contributed by atoms with Gasteiger partial charge in [-0.05, 0) is 96.3 Å². The van der Waals surface area contributed by atoms with Crippen LogP contribution in [0.5, 0.6) is 0 Å². The summed E-state index contributed by atoms with van der Waals surface area (Å²) in [5.41, 5.74) is 0. The Morgan fingerprint density at radius 2 is 0.780 bits per heavy atom. The van der Waals surface area contributed by atoms with Crippen LogP contribution >= 0.6 is 0 Å². The van der Waals surface area contributed by atoms with Crippen LogP contribution in [0, 0.1) is 0 Å². The molecule has 0 saturated carbocycles. The predicted molar refractivity (Wildman–Crippen MR) is 253 cm³/mol. The zero-order valence-corrected chi connectivity index (χ0v) is 40.3. The van der Waals surface area contributed by atoms with Crippen molar-refractivity contribution in [3.8, 4) is 0 Å². The Morgan fingerprint density at radius 3 is 1.17 bits per heavy atom. The van der Waals surface area contributed by atoms with Crippen molar-refractivity contribution >= 4 is 11.9 Å². The highest BCUT2D eigenvalue weighted by molar-refractivity contribution is 5.69. The zero-order chi connectivity index (χ0) is 42.7. The van der Waals surface area contributed by atoms with Gasteiger partial charge in [0.15, 0.2) is 0 Å². The molecule has 1 saturated heterocycles. The summed E-state index contributed by atoms with van der Waals surface area (Å²) >= 11 is 0. The molecule has 0 amide bonds. The maximum Gasteiger partial charge on any atom is 0.306 e. The summed E-state index contributed by atoms with van der Waals surface area (Å²) in [6.07, 6.45) is 48.7. The van der Waals surface area contributed by atoms with Gasteiger partial charge in [-0.3, -0.25) is 9.59 Å². The molecule has 6 heteroatoms. The maximum absolute atomic E-state index is 12.9. The van der Waals surface area contributed by atoms with E-state index in [4.69, 9.17) is 14.2 Å². The summed E-state index contributed by atoms with van der Waals surface area (Å²) in [5.74, 6) is 0.0645. The number of carbonyl (C=O) groups is 2. The quantitative estimate of drug-likeness (QED) is 0.0487. The first-order valence-corrected chi connectivity index (χ1v) is 26.7. The van der Waals surface area contributed by atoms with Gasteiger partial charge in [-0.1, -0.05) is 182 Å². The van der Waals surface area contributed by atoms with Gasteiger partial charge < -0.3 is 19.5 Å². The minimum atomic E-state index is 0.0227. The fraction of sp³-hybridized carbons (Fsp3) is 0.962. The summed E-state index contributed by atoms with van der Waals surface area (Å²) in [5, 5.41) is 4.11. The molecule has 1 heterocycles. The fourth-order valence-corrected chi connectivity index (χ4v) is 9.09. The molecule has 2 atom stereocenters. The van der Waals surface area contributed by atoms with E-state index in [1.54, 1.807) is 0 Å². The number of hydrogen-bond acceptors (Lipinski definition) is 6. The monoisotopic (exact) mass is 834 g/mol. The van der Waals surface area contributed by atoms with Crippen molar-refractivity contribution < 1.29 is 23.8 Å². The van der Waals surface area contributed by atoms with Crippen LogP contribution in [0.15, 0.2) is 0 Å². The van der Waals surface area contributed by atoms with E-state index in [2.05, 4.69) is 33.0 Å². The van der Waals surface area contributed by atoms with Gasteiger partial charge in [0.05, 0.1) is 0 Å². The lowest BCUT2D eigenvalue weighted by atomic mass is 9.97. The molecule has 0 radical (unpaired) electrons. The Labute approximate surface area is 368 Å². The second kappa shape index (κ2) is 43.5. The third-order valence-electron chi connectivity index (χ3n) is 12.9. The highest BCUT2D eigenvalue weighted by Gasteiger charge is 2.18. The first-order valence-electron chi connectivity index (χ1n) is 26.7. The summed E-state index contributed by atoms with van der Waals surface area (Å²) in [4.78, 5) is 25.5. The molecular weight excluding hydrogens is 731 g/mol. The van der Waals surface area contributed by atoms with Gasteiger partial charge in [-0.25, -0.2) is 0 Å². The molecule has 1 aliphatic rings. The van der Waals surface area contributed by atoms with Crippen LogP contribution in [0.1, 0.15) is 291 Å². The molecule has 1 aliphatic heterocycles. The third kappa shape index (κ3) is 37.2. The van der Waals surface area contributed by atoms with E-state index in [0.29, 0.717) is 24.9 Å². The molecule has 0 aromatic heterocycles. The van der Waals surface area contributed by atoms with Crippen LogP contribution < -0.4 is 5.32 Å². The number of esters is 2. The third-order valence-corrected chi connectivity index (χ3v) is 12.9. The largest absolute Gasteiger partial charge is 0.462 e. The Balaban J connectivity index is 2.36. The molecule has 59 heavy (non-hydrogen) atoms. The van der Waals surface area contributed by atoms with E-state index in [0.717, 1.165) is 83.8 Å². The van der Waals surface area contributed by atoms with Gasteiger partial charge in [-0.15, -0.1) is 0 Å². The maximum atomic E-state index is 12.9. The van der Waals surface area contributed by atoms with Crippen molar-refractivity contribution in [3.05, 3.63) is 0 Å². The summed E-state index contributed by atoms with van der Waals surface area (Å²) in [6.45, 7) is 10.8. The van der Waals surface area contributed by atoms with Crippen LogP contribution in [-0.4, -0.2) is 49.4 Å². The molecule has 0 aliphatic carbocycles. The van der Waals surface area contributed by atoms with E-state index in [1.807, 2.05) is 0 Å². The molecular formula is C53H103NO5. The smallest absolute Gasteiger partial charge is 0.306 e. The average Bonchev–Trinajstić information content (AvgIpc) is 3.21. The molecule has 0 spiro atoms. The first kappa shape index (κ1) is 55.9. The van der Waals surface area contributed by atoms with E-state index >= 15 is 0 Å². The van der Waals surface area contributed by atoms with Crippen molar-refractivity contribution in [1.82, 2.24) is 5.32 Å². The Morgan fingerprint density at radius 1 is 0.441 bits per heavy atom. The number of rotatable bonds is 43. The van der Waals surface area contributed by atoms with Gasteiger partial charge in [0.1, 0.15) is 12.2 Å². The molecule has 1 N–H and O–H groups in total. The Hall–Kier alpha value is -1.14. The second-order valence-corrected chi connectivity index (χ2v) is 18.8. The van der Waals surface area contributed by atoms with Gasteiger partial charge in [-0.2, -0.15) is 0 Å². The number of ether oxygens (including phenoxy) is 3. The zero-order valence-electron chi connectivity index (χ0n) is 40.3. The number of unbranched alkanes of at least 4 members (excludes halogenated alkanes) is 23. The lowest BCUT2D eigenvalue weighted by Crippen LogP contribution is -2.39. The predicted octanol–water partition coefficient (Wildman–Crippen LogP) is 16.2. The summed E-state index contributed by atoms with van der Waals surface area (Å²) in [7, 11) is 0. The number of nitrogens with one attached hydrogen (secondary N) is 1. The normalized spacial score (nSPS) is 14.9. The van der Waals surface area contributed by atoms with Crippen LogP contribution in [0.4, 0.5) is 0 Å². The number of carbonyl (C=O) groups excluding carboxylic acids is 2. The van der Waals surface area contributed by atoms with Crippen LogP contribution in [0.2, 0.25) is 0 Å². The highest BCUT2D eigenvalue weighted by atomic mass is 16.5. The molecule has 0 bridgehead atoms. The van der Waals surface area contributed by atoms with Crippen molar-refractivity contribution in [2.24, 2.45) is 0 Å². The highest BCUT2D eigenvalue weighted by Crippen LogP contribution is 2.21. The Bertz CT molecular complexity index is 873. The van der Waals surface area contributed by atoms with Gasteiger partial charge in [0.2, 0.25) is 0 Å². The lowest BCUT2D eigenvalue weighted by molar-refractivity contribution is -0.151. The number of hydrogen-bond donors (Lipinski definition) is 1. The van der Waals surface area contributed by atoms with E-state index < -0.39 is 0 Å².